The molecule has 0 spiro atoms. The number of carbonyl (C=O) groups is 1. The summed E-state index contributed by atoms with van der Waals surface area (Å²) in [6, 6.07) is 7.79. The van der Waals surface area contributed by atoms with Crippen LogP contribution in [-0.4, -0.2) is 36.8 Å². The van der Waals surface area contributed by atoms with Crippen LogP contribution in [0.1, 0.15) is 45.1 Å². The van der Waals surface area contributed by atoms with Crippen molar-refractivity contribution in [1.29, 1.82) is 0 Å². The fraction of sp³-hybridized carbons (Fsp3) is 0.450. The Morgan fingerprint density at radius 1 is 1.26 bits per heavy atom. The zero-order valence-electron chi connectivity index (χ0n) is 16.7. The Balaban J connectivity index is 1.80. The van der Waals surface area contributed by atoms with E-state index in [0.29, 0.717) is 5.75 Å². The predicted molar refractivity (Wildman–Crippen MR) is 112 cm³/mol. The Labute approximate surface area is 165 Å². The number of carbonyl (C=O) groups excluding carboxylic acids is 1. The highest BCUT2D eigenvalue weighted by Crippen LogP contribution is 2.24. The Hall–Kier alpha value is -2.41. The minimum Gasteiger partial charge on any atom is -0.484 e. The molecular formula is C20H28N4O2S. The number of hydrogen-bond acceptors (Lipinski definition) is 6. The molecule has 0 radical (unpaired) electrons. The van der Waals surface area contributed by atoms with Crippen LogP contribution >= 0.6 is 11.3 Å². The third kappa shape index (κ3) is 6.36. The molecule has 146 valence electrons. The maximum absolute atomic E-state index is 11.9. The molecule has 1 heterocycles. The summed E-state index contributed by atoms with van der Waals surface area (Å²) in [6.07, 6.45) is 3.35. The summed E-state index contributed by atoms with van der Waals surface area (Å²) in [6.45, 7) is 12.4. The van der Waals surface area contributed by atoms with Gasteiger partial charge in [0.25, 0.3) is 5.91 Å². The maximum Gasteiger partial charge on any atom is 0.277 e. The summed E-state index contributed by atoms with van der Waals surface area (Å²) >= 11 is 1.54. The lowest BCUT2D eigenvalue weighted by atomic mass is 9.87. The summed E-state index contributed by atoms with van der Waals surface area (Å²) in [4.78, 5) is 19.3. The summed E-state index contributed by atoms with van der Waals surface area (Å²) in [5.74, 6) is 0.355. The van der Waals surface area contributed by atoms with Crippen molar-refractivity contribution in [3.63, 3.8) is 0 Å². The van der Waals surface area contributed by atoms with Crippen LogP contribution in [-0.2, 0) is 10.2 Å². The highest BCUT2D eigenvalue weighted by atomic mass is 32.1. The first kappa shape index (κ1) is 20.9. The molecular weight excluding hydrogens is 360 g/mol. The fourth-order valence-electron chi connectivity index (χ4n) is 2.38. The van der Waals surface area contributed by atoms with E-state index >= 15 is 0 Å². The molecule has 0 aliphatic heterocycles. The van der Waals surface area contributed by atoms with Crippen LogP contribution < -0.4 is 15.1 Å². The van der Waals surface area contributed by atoms with Gasteiger partial charge in [-0.3, -0.25) is 4.79 Å². The average Bonchev–Trinajstić information content (AvgIpc) is 3.09. The molecule has 1 aromatic heterocycles. The van der Waals surface area contributed by atoms with Crippen molar-refractivity contribution in [1.82, 2.24) is 10.4 Å². The Morgan fingerprint density at radius 2 is 1.93 bits per heavy atom. The van der Waals surface area contributed by atoms with Crippen molar-refractivity contribution in [3.05, 3.63) is 40.9 Å². The van der Waals surface area contributed by atoms with Crippen LogP contribution in [0.4, 0.5) is 5.13 Å². The Bertz CT molecular complexity index is 759. The standard InChI is InChI=1S/C20H28N4O2S/c1-6-24(7-2)19-21-12-17(27-19)13-22-23-18(25)14-26-16-10-8-15(9-11-16)20(3,4)5/h8-13H,6-7,14H2,1-5H3,(H,23,25)/b22-13+. The number of thiazole rings is 1. The largest absolute Gasteiger partial charge is 0.484 e. The van der Waals surface area contributed by atoms with E-state index in [2.05, 4.69) is 55.0 Å². The molecule has 0 aliphatic rings. The van der Waals surface area contributed by atoms with Crippen LogP contribution in [0.5, 0.6) is 5.75 Å². The SMILES string of the molecule is CCN(CC)c1ncc(/C=N/NC(=O)COc2ccc(C(C)(C)C)cc2)s1. The van der Waals surface area contributed by atoms with Crippen LogP contribution in [0.2, 0.25) is 0 Å². The average molecular weight is 389 g/mol. The van der Waals surface area contributed by atoms with Crippen molar-refractivity contribution in [2.45, 2.75) is 40.0 Å². The topological polar surface area (TPSA) is 66.8 Å². The minimum atomic E-state index is -0.306. The van der Waals surface area contributed by atoms with Crippen LogP contribution in [0.15, 0.2) is 35.6 Å². The highest BCUT2D eigenvalue weighted by Gasteiger charge is 2.13. The molecule has 27 heavy (non-hydrogen) atoms. The van der Waals surface area contributed by atoms with E-state index in [0.717, 1.165) is 23.1 Å². The monoisotopic (exact) mass is 388 g/mol. The van der Waals surface area contributed by atoms with Crippen LogP contribution in [0.3, 0.4) is 0 Å². The van der Waals surface area contributed by atoms with Crippen molar-refractivity contribution < 1.29 is 9.53 Å². The van der Waals surface area contributed by atoms with Gasteiger partial charge in [0.15, 0.2) is 11.7 Å². The molecule has 2 aromatic rings. The number of nitrogens with zero attached hydrogens (tertiary/aromatic N) is 3. The van der Waals surface area contributed by atoms with E-state index in [1.807, 2.05) is 24.3 Å². The minimum absolute atomic E-state index is 0.0837. The smallest absolute Gasteiger partial charge is 0.277 e. The van der Waals surface area contributed by atoms with Crippen LogP contribution in [0.25, 0.3) is 0 Å². The van der Waals surface area contributed by atoms with Gasteiger partial charge in [-0.1, -0.05) is 44.2 Å². The zero-order chi connectivity index (χ0) is 19.9. The highest BCUT2D eigenvalue weighted by molar-refractivity contribution is 7.17. The van der Waals surface area contributed by atoms with Crippen LogP contribution in [0, 0.1) is 0 Å². The molecule has 1 N–H and O–H groups in total. The van der Waals surface area contributed by atoms with E-state index in [1.54, 1.807) is 12.4 Å². The third-order valence-corrected chi connectivity index (χ3v) is 5.01. The van der Waals surface area contributed by atoms with E-state index in [1.165, 1.54) is 16.9 Å². The fourth-order valence-corrected chi connectivity index (χ4v) is 3.29. The molecule has 0 saturated heterocycles. The number of rotatable bonds is 8. The van der Waals surface area contributed by atoms with Gasteiger partial charge in [0.2, 0.25) is 0 Å². The zero-order valence-corrected chi connectivity index (χ0v) is 17.5. The molecule has 1 aromatic carbocycles. The predicted octanol–water partition coefficient (Wildman–Crippen LogP) is 3.82. The Kier molecular flexibility index (Phi) is 7.36. The second-order valence-electron chi connectivity index (χ2n) is 7.07. The first-order valence-electron chi connectivity index (χ1n) is 9.09. The van der Waals surface area contributed by atoms with Crippen molar-refractivity contribution in [3.8, 4) is 5.75 Å². The number of anilines is 1. The molecule has 6 nitrogen and oxygen atoms in total. The van der Waals surface area contributed by atoms with E-state index < -0.39 is 0 Å². The number of amides is 1. The first-order valence-corrected chi connectivity index (χ1v) is 9.91. The number of benzene rings is 1. The number of nitrogens with one attached hydrogen (secondary N) is 1. The molecule has 1 amide bonds. The number of ether oxygens (including phenoxy) is 1. The molecule has 7 heteroatoms. The summed E-state index contributed by atoms with van der Waals surface area (Å²) in [5.41, 5.74) is 3.78. The van der Waals surface area contributed by atoms with Gasteiger partial charge >= 0.3 is 0 Å². The molecule has 0 atom stereocenters. The number of hydrogen-bond donors (Lipinski definition) is 1. The molecule has 0 aliphatic carbocycles. The van der Waals surface area contributed by atoms with Gasteiger partial charge in [-0.15, -0.1) is 0 Å². The second kappa shape index (κ2) is 9.50. The van der Waals surface area contributed by atoms with Gasteiger partial charge in [-0.25, -0.2) is 10.4 Å². The normalized spacial score (nSPS) is 11.6. The van der Waals surface area contributed by atoms with Crippen molar-refractivity contribution >= 4 is 28.6 Å². The quantitative estimate of drug-likeness (QED) is 0.551. The van der Waals surface area contributed by atoms with Gasteiger partial charge in [-0.2, -0.15) is 5.10 Å². The molecule has 0 saturated carbocycles. The number of hydrazone groups is 1. The first-order chi connectivity index (χ1) is 12.8. The third-order valence-electron chi connectivity index (χ3n) is 4.02. The lowest BCUT2D eigenvalue weighted by Crippen LogP contribution is -2.24. The van der Waals surface area contributed by atoms with Crippen molar-refractivity contribution in [2.75, 3.05) is 24.6 Å². The lowest BCUT2D eigenvalue weighted by molar-refractivity contribution is -0.123. The lowest BCUT2D eigenvalue weighted by Gasteiger charge is -2.19. The summed E-state index contributed by atoms with van der Waals surface area (Å²) < 4.78 is 5.50. The van der Waals surface area contributed by atoms with Gasteiger partial charge < -0.3 is 9.64 Å². The van der Waals surface area contributed by atoms with Gasteiger partial charge in [0.1, 0.15) is 5.75 Å². The van der Waals surface area contributed by atoms with Crippen molar-refractivity contribution in [2.24, 2.45) is 5.10 Å². The van der Waals surface area contributed by atoms with Gasteiger partial charge in [0.05, 0.1) is 11.1 Å². The summed E-state index contributed by atoms with van der Waals surface area (Å²) in [7, 11) is 0. The molecule has 0 bridgehead atoms. The van der Waals surface area contributed by atoms with Gasteiger partial charge in [0, 0.05) is 19.3 Å². The van der Waals surface area contributed by atoms with E-state index in [9.17, 15) is 4.79 Å². The summed E-state index contributed by atoms with van der Waals surface area (Å²) in [5, 5.41) is 4.93. The van der Waals surface area contributed by atoms with E-state index in [-0.39, 0.29) is 17.9 Å². The molecule has 2 rings (SSSR count). The van der Waals surface area contributed by atoms with E-state index in [4.69, 9.17) is 4.74 Å². The molecule has 0 unspecified atom stereocenters. The Morgan fingerprint density at radius 3 is 2.52 bits per heavy atom. The van der Waals surface area contributed by atoms with Gasteiger partial charge in [-0.05, 0) is 37.0 Å². The number of aromatic nitrogens is 1. The molecule has 0 fully saturated rings. The second-order valence-corrected chi connectivity index (χ2v) is 8.11. The maximum atomic E-state index is 11.9.